The molecule has 0 aliphatic heterocycles. The van der Waals surface area contributed by atoms with Crippen LogP contribution in [0.4, 0.5) is 5.69 Å². The first-order valence-electron chi connectivity index (χ1n) is 9.62. The van der Waals surface area contributed by atoms with Crippen molar-refractivity contribution in [2.24, 2.45) is 0 Å². The highest BCUT2D eigenvalue weighted by Gasteiger charge is 2.20. The van der Waals surface area contributed by atoms with Crippen molar-refractivity contribution in [1.82, 2.24) is 9.97 Å². The van der Waals surface area contributed by atoms with Crippen LogP contribution in [0.1, 0.15) is 5.56 Å². The Hall–Kier alpha value is -4.54. The molecule has 7 rings (SSSR count). The highest BCUT2D eigenvalue weighted by atomic mass is 14.8. The van der Waals surface area contributed by atoms with E-state index in [0.717, 1.165) is 65.2 Å². The number of rotatable bonds is 0. The maximum absolute atomic E-state index is 9.53. The maximum atomic E-state index is 9.53. The Morgan fingerprint density at radius 1 is 0.633 bits per heavy atom. The average molecular weight is 378 g/mol. The number of nitriles is 1. The standard InChI is InChI=1S/C26H10N4/c1-28-20-11-10-19-22-15(20)5-3-7-17(22)24-26(19)30-25-18-9-8-13(12-27)14-4-2-6-16(21(14)18)23(25)29-24/h2-11H. The van der Waals surface area contributed by atoms with Crippen molar-refractivity contribution in [1.29, 1.82) is 5.26 Å². The monoisotopic (exact) mass is 378 g/mol. The van der Waals surface area contributed by atoms with Gasteiger partial charge in [0.15, 0.2) is 5.69 Å². The summed E-state index contributed by atoms with van der Waals surface area (Å²) in [7, 11) is 0. The Bertz CT molecular complexity index is 1730. The predicted octanol–water partition coefficient (Wildman–Crippen LogP) is 6.69. The van der Waals surface area contributed by atoms with Crippen molar-refractivity contribution < 1.29 is 0 Å². The molecule has 0 saturated heterocycles. The Balaban J connectivity index is 1.78. The van der Waals surface area contributed by atoms with E-state index in [1.807, 2.05) is 48.5 Å². The Labute approximate surface area is 170 Å². The molecular formula is C26H10N4. The van der Waals surface area contributed by atoms with Crippen LogP contribution in [0, 0.1) is 17.9 Å². The zero-order valence-electron chi connectivity index (χ0n) is 15.6. The molecule has 0 atom stereocenters. The van der Waals surface area contributed by atoms with Crippen molar-refractivity contribution >= 4 is 70.8 Å². The molecule has 0 saturated carbocycles. The van der Waals surface area contributed by atoms with Gasteiger partial charge in [0, 0.05) is 32.3 Å². The zero-order valence-corrected chi connectivity index (χ0v) is 15.6. The van der Waals surface area contributed by atoms with Gasteiger partial charge >= 0.3 is 0 Å². The van der Waals surface area contributed by atoms with Crippen molar-refractivity contribution in [3.05, 3.63) is 77.6 Å². The van der Waals surface area contributed by atoms with Gasteiger partial charge in [0.2, 0.25) is 0 Å². The predicted molar refractivity (Wildman–Crippen MR) is 120 cm³/mol. The van der Waals surface area contributed by atoms with E-state index in [2.05, 4.69) is 23.0 Å². The first-order valence-corrected chi connectivity index (χ1v) is 9.62. The maximum Gasteiger partial charge on any atom is 0.194 e. The van der Waals surface area contributed by atoms with Crippen LogP contribution in [-0.2, 0) is 0 Å². The third kappa shape index (κ3) is 1.62. The van der Waals surface area contributed by atoms with Crippen molar-refractivity contribution in [3.63, 3.8) is 0 Å². The Kier molecular flexibility index (Phi) is 2.61. The quantitative estimate of drug-likeness (QED) is 0.276. The van der Waals surface area contributed by atoms with Crippen molar-refractivity contribution in [2.75, 3.05) is 0 Å². The van der Waals surface area contributed by atoms with Crippen LogP contribution < -0.4 is 0 Å². The molecule has 4 heteroatoms. The fraction of sp³-hybridized carbons (Fsp3) is 0. The van der Waals surface area contributed by atoms with Crippen LogP contribution in [0.15, 0.2) is 60.7 Å². The van der Waals surface area contributed by atoms with Gasteiger partial charge < -0.3 is 0 Å². The van der Waals surface area contributed by atoms with Gasteiger partial charge in [-0.1, -0.05) is 54.6 Å². The average Bonchev–Trinajstić information content (AvgIpc) is 3.29. The molecule has 1 aromatic heterocycles. The lowest BCUT2D eigenvalue weighted by Crippen LogP contribution is -1.81. The number of fused-ring (bicyclic) bond motifs is 6. The third-order valence-electron chi connectivity index (χ3n) is 6.22. The van der Waals surface area contributed by atoms with Crippen LogP contribution in [-0.4, -0.2) is 9.97 Å². The first kappa shape index (κ1) is 15.4. The smallest absolute Gasteiger partial charge is 0.194 e. The van der Waals surface area contributed by atoms with Crippen LogP contribution in [0.5, 0.6) is 0 Å². The molecule has 0 spiro atoms. The van der Waals surface area contributed by atoms with Crippen molar-refractivity contribution in [3.8, 4) is 6.07 Å². The van der Waals surface area contributed by atoms with Crippen molar-refractivity contribution in [2.45, 2.75) is 0 Å². The van der Waals surface area contributed by atoms with E-state index in [1.54, 1.807) is 0 Å². The van der Waals surface area contributed by atoms with E-state index in [9.17, 15) is 5.26 Å². The number of aromatic nitrogens is 2. The Morgan fingerprint density at radius 3 is 1.73 bits per heavy atom. The molecular weight excluding hydrogens is 368 g/mol. The number of hydrogen-bond donors (Lipinski definition) is 0. The molecule has 0 fully saturated rings. The van der Waals surface area contributed by atoms with Gasteiger partial charge in [0.1, 0.15) is 0 Å². The molecule has 134 valence electrons. The van der Waals surface area contributed by atoms with Crippen LogP contribution in [0.3, 0.4) is 0 Å². The SMILES string of the molecule is [C-]#[N+]c1ccc2c3nc4c5ccc(C#N)c6cccc(c4nc3c3cccc1c32)c65. The van der Waals surface area contributed by atoms with E-state index in [4.69, 9.17) is 16.5 Å². The third-order valence-corrected chi connectivity index (χ3v) is 6.22. The van der Waals surface area contributed by atoms with Gasteiger partial charge in [-0.25, -0.2) is 14.8 Å². The minimum atomic E-state index is 0.648. The van der Waals surface area contributed by atoms with E-state index < -0.39 is 0 Å². The van der Waals surface area contributed by atoms with Crippen LogP contribution >= 0.6 is 0 Å². The first-order chi connectivity index (χ1) is 14.8. The lowest BCUT2D eigenvalue weighted by atomic mass is 10.0. The highest BCUT2D eigenvalue weighted by Crippen LogP contribution is 2.43. The zero-order chi connectivity index (χ0) is 20.0. The minimum absolute atomic E-state index is 0.648. The largest absolute Gasteiger partial charge is 0.243 e. The molecule has 0 bridgehead atoms. The normalized spacial score (nSPS) is 11.9. The summed E-state index contributed by atoms with van der Waals surface area (Å²) in [6.07, 6.45) is 0. The summed E-state index contributed by atoms with van der Waals surface area (Å²) < 4.78 is 0. The second-order valence-corrected chi connectivity index (χ2v) is 7.59. The molecule has 0 N–H and O–H groups in total. The summed E-state index contributed by atoms with van der Waals surface area (Å²) in [6.45, 7) is 7.50. The summed E-state index contributed by atoms with van der Waals surface area (Å²) in [6, 6.07) is 22.1. The molecule has 0 aliphatic carbocycles. The summed E-state index contributed by atoms with van der Waals surface area (Å²) >= 11 is 0. The van der Waals surface area contributed by atoms with Gasteiger partial charge in [-0.05, 0) is 16.8 Å². The number of nitrogens with zero attached hydrogens (tertiary/aromatic N) is 4. The fourth-order valence-electron chi connectivity index (χ4n) is 4.97. The number of benzene rings is 4. The fourth-order valence-corrected chi connectivity index (χ4v) is 4.97. The van der Waals surface area contributed by atoms with Gasteiger partial charge in [0.05, 0.1) is 40.3 Å². The lowest BCUT2D eigenvalue weighted by molar-refractivity contribution is 1.46. The molecule has 6 aromatic carbocycles. The molecule has 30 heavy (non-hydrogen) atoms. The van der Waals surface area contributed by atoms with Gasteiger partial charge in [-0.3, -0.25) is 0 Å². The minimum Gasteiger partial charge on any atom is -0.243 e. The molecule has 1 heterocycles. The van der Waals surface area contributed by atoms with Gasteiger partial charge in [0.25, 0.3) is 0 Å². The molecule has 0 unspecified atom stereocenters. The van der Waals surface area contributed by atoms with E-state index >= 15 is 0 Å². The molecule has 0 amide bonds. The summed E-state index contributed by atoms with van der Waals surface area (Å²) in [5.74, 6) is 0. The topological polar surface area (TPSA) is 53.9 Å². The van der Waals surface area contributed by atoms with Gasteiger partial charge in [-0.15, -0.1) is 0 Å². The molecule has 0 radical (unpaired) electrons. The number of hydrogen-bond acceptors (Lipinski definition) is 3. The van der Waals surface area contributed by atoms with E-state index in [-0.39, 0.29) is 0 Å². The Morgan fingerprint density at radius 2 is 1.13 bits per heavy atom. The van der Waals surface area contributed by atoms with Crippen LogP contribution in [0.2, 0.25) is 0 Å². The molecule has 7 aromatic rings. The second-order valence-electron chi connectivity index (χ2n) is 7.59. The van der Waals surface area contributed by atoms with Crippen LogP contribution in [0.25, 0.3) is 70.0 Å². The second kappa shape index (κ2) is 5.08. The summed E-state index contributed by atoms with van der Waals surface area (Å²) in [5.41, 5.74) is 4.76. The lowest BCUT2D eigenvalue weighted by Gasteiger charge is -2.00. The summed E-state index contributed by atoms with van der Waals surface area (Å²) in [4.78, 5) is 13.9. The van der Waals surface area contributed by atoms with Gasteiger partial charge in [-0.2, -0.15) is 5.26 Å². The summed E-state index contributed by atoms with van der Waals surface area (Å²) in [5, 5.41) is 17.6. The molecule has 0 aliphatic rings. The van der Waals surface area contributed by atoms with E-state index in [1.165, 1.54) is 0 Å². The molecule has 4 nitrogen and oxygen atoms in total. The van der Waals surface area contributed by atoms with E-state index in [0.29, 0.717) is 11.3 Å². The highest BCUT2D eigenvalue weighted by molar-refractivity contribution is 6.34.